The first-order valence-electron chi connectivity index (χ1n) is 9.64. The number of carbonyl (C=O) groups excluding carboxylic acids is 1. The van der Waals surface area contributed by atoms with Crippen molar-refractivity contribution >= 4 is 21.9 Å². The molecule has 0 aliphatic carbocycles. The highest BCUT2D eigenvalue weighted by Gasteiger charge is 2.15. The lowest BCUT2D eigenvalue weighted by molar-refractivity contribution is 0.0253. The molecule has 2 nitrogen and oxygen atoms in total. The minimum Gasteiger partial charge on any atom is -0.459 e. The molecule has 0 fully saturated rings. The van der Waals surface area contributed by atoms with E-state index in [-0.39, 0.29) is 12.1 Å². The second-order valence-corrected chi connectivity index (χ2v) is 7.51. The van der Waals surface area contributed by atoms with Crippen LogP contribution in [0.1, 0.15) is 94.8 Å². The predicted octanol–water partition coefficient (Wildman–Crippen LogP) is 7.31. The standard InChI is InChI=1S/C21H33BrO2/c1-3-5-6-7-8-9-10-11-16-20(13-4-2)24-21(23)18-14-12-15-19(22)17-18/h12,14-15,17,20H,3-11,13,16H2,1-2H3. The summed E-state index contributed by atoms with van der Waals surface area (Å²) in [5, 5.41) is 0. The summed E-state index contributed by atoms with van der Waals surface area (Å²) in [6.07, 6.45) is 13.5. The fraction of sp³-hybridized carbons (Fsp3) is 0.667. The Hall–Kier alpha value is -0.830. The zero-order valence-electron chi connectivity index (χ0n) is 15.4. The van der Waals surface area contributed by atoms with Crippen molar-refractivity contribution in [1.82, 2.24) is 0 Å². The van der Waals surface area contributed by atoms with E-state index in [0.29, 0.717) is 5.56 Å². The molecule has 0 N–H and O–H groups in total. The van der Waals surface area contributed by atoms with Crippen LogP contribution in [0.4, 0.5) is 0 Å². The minimum atomic E-state index is -0.200. The number of hydrogen-bond donors (Lipinski definition) is 0. The summed E-state index contributed by atoms with van der Waals surface area (Å²) in [5.41, 5.74) is 0.626. The third kappa shape index (κ3) is 9.46. The molecule has 1 atom stereocenters. The number of hydrogen-bond acceptors (Lipinski definition) is 2. The minimum absolute atomic E-state index is 0.0570. The predicted molar refractivity (Wildman–Crippen MR) is 105 cm³/mol. The lowest BCUT2D eigenvalue weighted by Gasteiger charge is -2.17. The molecule has 3 heteroatoms. The third-order valence-electron chi connectivity index (χ3n) is 4.32. The number of esters is 1. The van der Waals surface area contributed by atoms with Crippen LogP contribution in [0.3, 0.4) is 0 Å². The van der Waals surface area contributed by atoms with E-state index in [1.54, 1.807) is 0 Å². The topological polar surface area (TPSA) is 26.3 Å². The molecule has 0 spiro atoms. The Labute approximate surface area is 156 Å². The highest BCUT2D eigenvalue weighted by Crippen LogP contribution is 2.18. The van der Waals surface area contributed by atoms with Gasteiger partial charge in [0.15, 0.2) is 0 Å². The van der Waals surface area contributed by atoms with Crippen LogP contribution in [0.25, 0.3) is 0 Å². The van der Waals surface area contributed by atoms with Gasteiger partial charge in [-0.25, -0.2) is 4.79 Å². The molecule has 0 aliphatic rings. The Bertz CT molecular complexity index is 459. The molecule has 0 aliphatic heterocycles. The molecule has 24 heavy (non-hydrogen) atoms. The number of ether oxygens (including phenoxy) is 1. The SMILES string of the molecule is CCCCCCCCCCC(CCC)OC(=O)c1cccc(Br)c1. The molecule has 0 saturated heterocycles. The highest BCUT2D eigenvalue weighted by atomic mass is 79.9. The van der Waals surface area contributed by atoms with Gasteiger partial charge in [0.1, 0.15) is 6.10 Å². The van der Waals surface area contributed by atoms with E-state index >= 15 is 0 Å². The van der Waals surface area contributed by atoms with Crippen molar-refractivity contribution < 1.29 is 9.53 Å². The first kappa shape index (κ1) is 21.2. The van der Waals surface area contributed by atoms with Gasteiger partial charge in [-0.15, -0.1) is 0 Å². The van der Waals surface area contributed by atoms with E-state index in [4.69, 9.17) is 4.74 Å². The molecule has 1 unspecified atom stereocenters. The molecule has 0 amide bonds. The highest BCUT2D eigenvalue weighted by molar-refractivity contribution is 9.10. The Morgan fingerprint density at radius 3 is 2.25 bits per heavy atom. The maximum absolute atomic E-state index is 12.3. The Balaban J connectivity index is 2.27. The fourth-order valence-corrected chi connectivity index (χ4v) is 3.32. The van der Waals surface area contributed by atoms with Gasteiger partial charge in [-0.1, -0.05) is 87.2 Å². The third-order valence-corrected chi connectivity index (χ3v) is 4.82. The van der Waals surface area contributed by atoms with Crippen LogP contribution in [0, 0.1) is 0 Å². The van der Waals surface area contributed by atoms with Crippen LogP contribution < -0.4 is 0 Å². The van der Waals surface area contributed by atoms with Gasteiger partial charge in [-0.3, -0.25) is 0 Å². The van der Waals surface area contributed by atoms with E-state index < -0.39 is 0 Å². The van der Waals surface area contributed by atoms with Gasteiger partial charge in [-0.05, 0) is 37.5 Å². The van der Waals surface area contributed by atoms with Crippen molar-refractivity contribution in [3.63, 3.8) is 0 Å². The van der Waals surface area contributed by atoms with Crippen LogP contribution in [-0.4, -0.2) is 12.1 Å². The number of rotatable bonds is 13. The van der Waals surface area contributed by atoms with Crippen LogP contribution in [0.5, 0.6) is 0 Å². The molecule has 0 radical (unpaired) electrons. The number of benzene rings is 1. The summed E-state index contributed by atoms with van der Waals surface area (Å²) in [6.45, 7) is 4.40. The maximum Gasteiger partial charge on any atom is 0.338 e. The zero-order chi connectivity index (χ0) is 17.6. The molecule has 1 rings (SSSR count). The van der Waals surface area contributed by atoms with Crippen molar-refractivity contribution in [1.29, 1.82) is 0 Å². The van der Waals surface area contributed by atoms with Crippen molar-refractivity contribution in [2.45, 2.75) is 90.6 Å². The van der Waals surface area contributed by atoms with Crippen LogP contribution in [0.15, 0.2) is 28.7 Å². The first-order valence-corrected chi connectivity index (χ1v) is 10.4. The molecule has 0 bridgehead atoms. The van der Waals surface area contributed by atoms with Gasteiger partial charge in [0.05, 0.1) is 5.56 Å². The number of halogens is 1. The van der Waals surface area contributed by atoms with E-state index in [1.807, 2.05) is 24.3 Å². The Morgan fingerprint density at radius 2 is 1.62 bits per heavy atom. The molecule has 0 heterocycles. The van der Waals surface area contributed by atoms with E-state index in [2.05, 4.69) is 29.8 Å². The van der Waals surface area contributed by atoms with Gasteiger partial charge < -0.3 is 4.74 Å². The maximum atomic E-state index is 12.3. The van der Waals surface area contributed by atoms with Crippen molar-refractivity contribution in [2.24, 2.45) is 0 Å². The zero-order valence-corrected chi connectivity index (χ0v) is 16.9. The number of carbonyl (C=O) groups is 1. The lowest BCUT2D eigenvalue weighted by Crippen LogP contribution is -2.18. The Morgan fingerprint density at radius 1 is 0.958 bits per heavy atom. The molecule has 0 saturated carbocycles. The first-order chi connectivity index (χ1) is 11.7. The van der Waals surface area contributed by atoms with Crippen molar-refractivity contribution in [2.75, 3.05) is 0 Å². The summed E-state index contributed by atoms with van der Waals surface area (Å²) in [4.78, 5) is 12.3. The molecule has 1 aromatic rings. The van der Waals surface area contributed by atoms with Gasteiger partial charge in [0.25, 0.3) is 0 Å². The Kier molecular flexibility index (Phi) is 11.9. The normalized spacial score (nSPS) is 12.1. The van der Waals surface area contributed by atoms with Crippen molar-refractivity contribution in [3.05, 3.63) is 34.3 Å². The summed E-state index contributed by atoms with van der Waals surface area (Å²) < 4.78 is 6.64. The summed E-state index contributed by atoms with van der Waals surface area (Å²) >= 11 is 3.40. The average molecular weight is 397 g/mol. The second-order valence-electron chi connectivity index (χ2n) is 6.59. The van der Waals surface area contributed by atoms with Crippen LogP contribution >= 0.6 is 15.9 Å². The smallest absolute Gasteiger partial charge is 0.338 e. The summed E-state index contributed by atoms with van der Waals surface area (Å²) in [7, 11) is 0. The number of unbranched alkanes of at least 4 members (excludes halogenated alkanes) is 7. The molecular formula is C21H33BrO2. The fourth-order valence-electron chi connectivity index (χ4n) is 2.92. The van der Waals surface area contributed by atoms with Crippen LogP contribution in [0.2, 0.25) is 0 Å². The summed E-state index contributed by atoms with van der Waals surface area (Å²) in [5.74, 6) is -0.200. The van der Waals surface area contributed by atoms with Crippen molar-refractivity contribution in [3.8, 4) is 0 Å². The molecule has 0 aromatic heterocycles. The monoisotopic (exact) mass is 396 g/mol. The quantitative estimate of drug-likeness (QED) is 0.258. The lowest BCUT2D eigenvalue weighted by atomic mass is 10.0. The van der Waals surface area contributed by atoms with Gasteiger partial charge in [0, 0.05) is 4.47 Å². The van der Waals surface area contributed by atoms with E-state index in [9.17, 15) is 4.79 Å². The molecule has 136 valence electrons. The molecular weight excluding hydrogens is 364 g/mol. The van der Waals surface area contributed by atoms with Gasteiger partial charge >= 0.3 is 5.97 Å². The average Bonchev–Trinajstić information content (AvgIpc) is 2.57. The van der Waals surface area contributed by atoms with E-state index in [1.165, 1.54) is 44.9 Å². The molecule has 1 aromatic carbocycles. The van der Waals surface area contributed by atoms with E-state index in [0.717, 1.165) is 30.2 Å². The largest absolute Gasteiger partial charge is 0.459 e. The summed E-state index contributed by atoms with van der Waals surface area (Å²) in [6, 6.07) is 7.42. The van der Waals surface area contributed by atoms with Crippen LogP contribution in [-0.2, 0) is 4.74 Å². The van der Waals surface area contributed by atoms with Gasteiger partial charge in [-0.2, -0.15) is 0 Å². The second kappa shape index (κ2) is 13.5. The van der Waals surface area contributed by atoms with Gasteiger partial charge in [0.2, 0.25) is 0 Å².